The molecule has 0 radical (unpaired) electrons. The molecule has 0 aliphatic rings. The van der Waals surface area contributed by atoms with E-state index in [1.165, 1.54) is 4.68 Å². The normalized spacial score (nSPS) is 11.0. The zero-order chi connectivity index (χ0) is 21.1. The van der Waals surface area contributed by atoms with Crippen LogP contribution >= 0.6 is 11.6 Å². The maximum atomic E-state index is 13.1. The predicted octanol–water partition coefficient (Wildman–Crippen LogP) is 3.96. The molecule has 30 heavy (non-hydrogen) atoms. The quantitative estimate of drug-likeness (QED) is 0.511. The molecule has 0 saturated heterocycles. The number of amides is 1. The summed E-state index contributed by atoms with van der Waals surface area (Å²) in [6, 6.07) is 16.2. The minimum atomic E-state index is -0.395. The van der Waals surface area contributed by atoms with E-state index in [4.69, 9.17) is 11.6 Å². The first-order valence-corrected chi connectivity index (χ1v) is 10.0. The molecule has 2 aromatic carbocycles. The van der Waals surface area contributed by atoms with Gasteiger partial charge >= 0.3 is 0 Å². The summed E-state index contributed by atoms with van der Waals surface area (Å²) in [4.78, 5) is 25.7. The van der Waals surface area contributed by atoms with Crippen LogP contribution in [-0.4, -0.2) is 25.5 Å². The number of carbonyl (C=O) groups excluding carboxylic acids is 1. The number of rotatable bonds is 6. The summed E-state index contributed by atoms with van der Waals surface area (Å²) in [7, 11) is 0. The second-order valence-corrected chi connectivity index (χ2v) is 7.31. The zero-order valence-corrected chi connectivity index (χ0v) is 17.1. The number of hydrogen-bond donors (Lipinski definition) is 1. The molecule has 4 rings (SSSR count). The standard InChI is InChI=1S/C22H20ClN5O2/c1-2-13-27-22(30)18-6-4-3-5-17(18)20(26-27)21(29)25-19-11-12-24-28(19)14-15-7-9-16(23)10-8-15/h3-12H,2,13-14H2,1H3,(H,25,29). The Bertz CT molecular complexity index is 1260. The van der Waals surface area contributed by atoms with Crippen LogP contribution in [-0.2, 0) is 13.1 Å². The number of nitrogens with zero attached hydrogens (tertiary/aromatic N) is 4. The van der Waals surface area contributed by atoms with E-state index in [-0.39, 0.29) is 11.3 Å². The highest BCUT2D eigenvalue weighted by molar-refractivity contribution is 6.30. The van der Waals surface area contributed by atoms with Crippen LogP contribution < -0.4 is 10.9 Å². The molecule has 0 bridgehead atoms. The molecule has 1 N–H and O–H groups in total. The van der Waals surface area contributed by atoms with Crippen LogP contribution in [0.15, 0.2) is 65.6 Å². The van der Waals surface area contributed by atoms with Crippen molar-refractivity contribution in [1.82, 2.24) is 19.6 Å². The lowest BCUT2D eigenvalue weighted by Crippen LogP contribution is -2.28. The zero-order valence-electron chi connectivity index (χ0n) is 16.4. The third-order valence-corrected chi connectivity index (χ3v) is 4.97. The number of fused-ring (bicyclic) bond motifs is 1. The Hall–Kier alpha value is -3.45. The average molecular weight is 422 g/mol. The molecule has 4 aromatic rings. The number of benzene rings is 2. The third kappa shape index (κ3) is 3.97. The van der Waals surface area contributed by atoms with Gasteiger partial charge in [0, 0.05) is 23.0 Å². The van der Waals surface area contributed by atoms with Gasteiger partial charge in [0.1, 0.15) is 5.82 Å². The highest BCUT2D eigenvalue weighted by Crippen LogP contribution is 2.17. The Kier molecular flexibility index (Phi) is 5.63. The molecule has 152 valence electrons. The van der Waals surface area contributed by atoms with Gasteiger partial charge in [0.05, 0.1) is 18.1 Å². The van der Waals surface area contributed by atoms with Gasteiger partial charge < -0.3 is 5.32 Å². The Morgan fingerprint density at radius 3 is 2.50 bits per heavy atom. The fourth-order valence-electron chi connectivity index (χ4n) is 3.27. The summed E-state index contributed by atoms with van der Waals surface area (Å²) in [5.41, 5.74) is 1.01. The third-order valence-electron chi connectivity index (χ3n) is 4.72. The maximum absolute atomic E-state index is 13.1. The molecule has 0 saturated carbocycles. The van der Waals surface area contributed by atoms with E-state index in [1.807, 2.05) is 31.2 Å². The van der Waals surface area contributed by atoms with Crippen LogP contribution in [0.3, 0.4) is 0 Å². The number of aromatic nitrogens is 4. The van der Waals surface area contributed by atoms with Crippen LogP contribution in [0.1, 0.15) is 29.4 Å². The molecule has 7 nitrogen and oxygen atoms in total. The Labute approximate surface area is 177 Å². The molecule has 2 heterocycles. The average Bonchev–Trinajstić information content (AvgIpc) is 3.18. The molecule has 0 unspecified atom stereocenters. The van der Waals surface area contributed by atoms with E-state index < -0.39 is 5.91 Å². The summed E-state index contributed by atoms with van der Waals surface area (Å²) in [6.45, 7) is 2.88. The largest absolute Gasteiger partial charge is 0.305 e. The number of hydrogen-bond acceptors (Lipinski definition) is 4. The van der Waals surface area contributed by atoms with E-state index in [0.717, 1.165) is 12.0 Å². The van der Waals surface area contributed by atoms with Gasteiger partial charge in [0.15, 0.2) is 5.69 Å². The molecule has 0 atom stereocenters. The fourth-order valence-corrected chi connectivity index (χ4v) is 3.40. The van der Waals surface area contributed by atoms with Crippen molar-refractivity contribution in [2.75, 3.05) is 5.32 Å². The number of anilines is 1. The summed E-state index contributed by atoms with van der Waals surface area (Å²) in [6.07, 6.45) is 2.36. The number of aryl methyl sites for hydroxylation is 1. The molecular weight excluding hydrogens is 402 g/mol. The lowest BCUT2D eigenvalue weighted by atomic mass is 10.1. The first-order chi connectivity index (χ1) is 14.6. The predicted molar refractivity (Wildman–Crippen MR) is 117 cm³/mol. The molecule has 0 aliphatic heterocycles. The van der Waals surface area contributed by atoms with Crippen LogP contribution in [0.4, 0.5) is 5.82 Å². The van der Waals surface area contributed by atoms with Gasteiger partial charge in [-0.15, -0.1) is 0 Å². The molecule has 8 heteroatoms. The number of carbonyl (C=O) groups is 1. The summed E-state index contributed by atoms with van der Waals surface area (Å²) >= 11 is 5.94. The van der Waals surface area contributed by atoms with Crippen LogP contribution in [0.2, 0.25) is 5.02 Å². The topological polar surface area (TPSA) is 81.8 Å². The highest BCUT2D eigenvalue weighted by Gasteiger charge is 2.18. The lowest BCUT2D eigenvalue weighted by molar-refractivity contribution is 0.102. The molecule has 0 aliphatic carbocycles. The highest BCUT2D eigenvalue weighted by atomic mass is 35.5. The number of halogens is 1. The van der Waals surface area contributed by atoms with Crippen molar-refractivity contribution in [1.29, 1.82) is 0 Å². The first kappa shape index (κ1) is 19.8. The molecule has 1 amide bonds. The van der Waals surface area contributed by atoms with Gasteiger partial charge in [-0.3, -0.25) is 9.59 Å². The Morgan fingerprint density at radius 2 is 1.77 bits per heavy atom. The number of nitrogens with one attached hydrogen (secondary N) is 1. The SMILES string of the molecule is CCCn1nc(C(=O)Nc2ccnn2Cc2ccc(Cl)cc2)c2ccccc2c1=O. The lowest BCUT2D eigenvalue weighted by Gasteiger charge is -2.12. The minimum absolute atomic E-state index is 0.197. The summed E-state index contributed by atoms with van der Waals surface area (Å²) in [5, 5.41) is 13.2. The molecule has 2 aromatic heterocycles. The second kappa shape index (κ2) is 8.51. The van der Waals surface area contributed by atoms with E-state index in [1.54, 1.807) is 41.2 Å². The van der Waals surface area contributed by atoms with Crippen molar-refractivity contribution in [2.45, 2.75) is 26.4 Å². The van der Waals surface area contributed by atoms with E-state index in [2.05, 4.69) is 15.5 Å². The van der Waals surface area contributed by atoms with E-state index in [9.17, 15) is 9.59 Å². The van der Waals surface area contributed by atoms with Crippen molar-refractivity contribution in [3.05, 3.63) is 87.4 Å². The smallest absolute Gasteiger partial charge is 0.277 e. The molecule has 0 spiro atoms. The Balaban J connectivity index is 1.66. The second-order valence-electron chi connectivity index (χ2n) is 6.88. The first-order valence-electron chi connectivity index (χ1n) is 9.64. The van der Waals surface area contributed by atoms with Gasteiger partial charge in [-0.25, -0.2) is 9.36 Å². The van der Waals surface area contributed by atoms with Gasteiger partial charge in [-0.2, -0.15) is 10.2 Å². The van der Waals surface area contributed by atoms with E-state index >= 15 is 0 Å². The van der Waals surface area contributed by atoms with Crippen molar-refractivity contribution >= 4 is 34.1 Å². The maximum Gasteiger partial charge on any atom is 0.277 e. The van der Waals surface area contributed by atoms with E-state index in [0.29, 0.717) is 34.7 Å². The molecule has 0 fully saturated rings. The Morgan fingerprint density at radius 1 is 1.03 bits per heavy atom. The van der Waals surface area contributed by atoms with Gasteiger partial charge in [0.25, 0.3) is 11.5 Å². The van der Waals surface area contributed by atoms with Crippen molar-refractivity contribution < 1.29 is 4.79 Å². The summed E-state index contributed by atoms with van der Waals surface area (Å²) < 4.78 is 3.04. The molecular formula is C22H20ClN5O2. The van der Waals surface area contributed by atoms with Crippen LogP contribution in [0.25, 0.3) is 10.8 Å². The van der Waals surface area contributed by atoms with Gasteiger partial charge in [0.2, 0.25) is 0 Å². The van der Waals surface area contributed by atoms with Crippen molar-refractivity contribution in [3.8, 4) is 0 Å². The monoisotopic (exact) mass is 421 g/mol. The van der Waals surface area contributed by atoms with Crippen molar-refractivity contribution in [3.63, 3.8) is 0 Å². The summed E-state index contributed by atoms with van der Waals surface area (Å²) in [5.74, 6) is 0.142. The van der Waals surface area contributed by atoms with Crippen LogP contribution in [0.5, 0.6) is 0 Å². The van der Waals surface area contributed by atoms with Crippen molar-refractivity contribution in [2.24, 2.45) is 0 Å². The van der Waals surface area contributed by atoms with Gasteiger partial charge in [-0.05, 0) is 30.2 Å². The minimum Gasteiger partial charge on any atom is -0.305 e. The fraction of sp³-hybridized carbons (Fsp3) is 0.182. The van der Waals surface area contributed by atoms with Gasteiger partial charge in [-0.1, -0.05) is 48.9 Å². The van der Waals surface area contributed by atoms with Crippen LogP contribution in [0, 0.1) is 0 Å².